The summed E-state index contributed by atoms with van der Waals surface area (Å²) in [6, 6.07) is 7.24. The van der Waals surface area contributed by atoms with Crippen LogP contribution >= 0.6 is 7.60 Å². The Bertz CT molecular complexity index is 633. The third kappa shape index (κ3) is 4.43. The maximum Gasteiger partial charge on any atom is 0.338 e. The van der Waals surface area contributed by atoms with Gasteiger partial charge in [-0.15, -0.1) is 0 Å². The van der Waals surface area contributed by atoms with E-state index in [1.807, 2.05) is 26.0 Å². The number of ether oxygens (including phenoxy) is 1. The van der Waals surface area contributed by atoms with Gasteiger partial charge in [0.1, 0.15) is 5.75 Å². The minimum atomic E-state index is -3.52. The molecule has 0 saturated carbocycles. The number of carbonyl (C=O) groups excluding carboxylic acids is 1. The Hall–Kier alpha value is -1.36. The monoisotopic (exact) mass is 369 g/mol. The molecule has 25 heavy (non-hydrogen) atoms. The fourth-order valence-electron chi connectivity index (χ4n) is 3.37. The molecule has 0 spiro atoms. The standard InChI is InChI=1S/C18H28NO5P/c1-6-23-25(21,24-7-2)16(13-8-10-14(22-5)11-9-13)15-12-18(3,4)19-17(15)20/h8-11,15-16H,6-7,12H2,1-5H3,(H,19,20). The third-order valence-electron chi connectivity index (χ3n) is 4.33. The first kappa shape index (κ1) is 20.0. The van der Waals surface area contributed by atoms with Crippen molar-refractivity contribution < 1.29 is 23.1 Å². The molecule has 6 nitrogen and oxygen atoms in total. The molecule has 2 atom stereocenters. The summed E-state index contributed by atoms with van der Waals surface area (Å²) in [5.74, 6) is 0.0964. The molecule has 1 N–H and O–H groups in total. The van der Waals surface area contributed by atoms with Gasteiger partial charge in [-0.05, 0) is 51.8 Å². The van der Waals surface area contributed by atoms with Crippen molar-refractivity contribution in [1.29, 1.82) is 0 Å². The molecular formula is C18H28NO5P. The molecule has 1 aliphatic rings. The highest BCUT2D eigenvalue weighted by atomic mass is 31.2. The number of carbonyl (C=O) groups is 1. The SMILES string of the molecule is CCOP(=O)(OCC)C(c1ccc(OC)cc1)C1CC(C)(C)NC1=O. The Morgan fingerprint density at radius 3 is 2.16 bits per heavy atom. The van der Waals surface area contributed by atoms with Crippen molar-refractivity contribution in [3.05, 3.63) is 29.8 Å². The van der Waals surface area contributed by atoms with Crippen LogP contribution < -0.4 is 10.1 Å². The van der Waals surface area contributed by atoms with Crippen LogP contribution in [0.2, 0.25) is 0 Å². The predicted molar refractivity (Wildman–Crippen MR) is 96.9 cm³/mol. The van der Waals surface area contributed by atoms with E-state index in [1.165, 1.54) is 0 Å². The second-order valence-electron chi connectivity index (χ2n) is 6.78. The Labute approximate surface area is 149 Å². The molecule has 140 valence electrons. The smallest absolute Gasteiger partial charge is 0.338 e. The number of methoxy groups -OCH3 is 1. The van der Waals surface area contributed by atoms with E-state index in [2.05, 4.69) is 5.32 Å². The highest BCUT2D eigenvalue weighted by molar-refractivity contribution is 7.54. The zero-order valence-electron chi connectivity index (χ0n) is 15.6. The van der Waals surface area contributed by atoms with Crippen molar-refractivity contribution in [3.63, 3.8) is 0 Å². The summed E-state index contributed by atoms with van der Waals surface area (Å²) < 4.78 is 29.9. The molecule has 0 bridgehead atoms. The lowest BCUT2D eigenvalue weighted by Gasteiger charge is -2.30. The molecule has 2 unspecified atom stereocenters. The van der Waals surface area contributed by atoms with Gasteiger partial charge >= 0.3 is 7.60 Å². The van der Waals surface area contributed by atoms with Crippen LogP contribution in [0, 0.1) is 5.92 Å². The zero-order valence-corrected chi connectivity index (χ0v) is 16.5. The van der Waals surface area contributed by atoms with E-state index in [4.69, 9.17) is 13.8 Å². The minimum absolute atomic E-state index is 0.120. The number of hydrogen-bond acceptors (Lipinski definition) is 5. The summed E-state index contributed by atoms with van der Waals surface area (Å²) in [6.45, 7) is 7.97. The highest BCUT2D eigenvalue weighted by Crippen LogP contribution is 2.65. The Morgan fingerprint density at radius 2 is 1.76 bits per heavy atom. The average Bonchev–Trinajstić information content (AvgIpc) is 2.81. The van der Waals surface area contributed by atoms with Gasteiger partial charge in [-0.3, -0.25) is 9.36 Å². The summed E-state index contributed by atoms with van der Waals surface area (Å²) >= 11 is 0. The first-order valence-corrected chi connectivity index (χ1v) is 10.2. The van der Waals surface area contributed by atoms with Crippen LogP contribution in [0.4, 0.5) is 0 Å². The van der Waals surface area contributed by atoms with Gasteiger partial charge in [-0.25, -0.2) is 0 Å². The van der Waals surface area contributed by atoms with E-state index in [0.29, 0.717) is 12.2 Å². The molecule has 1 aliphatic heterocycles. The van der Waals surface area contributed by atoms with E-state index in [0.717, 1.165) is 5.56 Å². The summed E-state index contributed by atoms with van der Waals surface area (Å²) in [5.41, 5.74) is -0.251. The lowest BCUT2D eigenvalue weighted by atomic mass is 9.91. The van der Waals surface area contributed by atoms with Crippen LogP contribution in [0.3, 0.4) is 0 Å². The molecule has 2 rings (SSSR count). The molecule has 1 fully saturated rings. The van der Waals surface area contributed by atoms with Crippen molar-refractivity contribution in [3.8, 4) is 5.75 Å². The van der Waals surface area contributed by atoms with E-state index in [1.54, 1.807) is 33.1 Å². The Balaban J connectivity index is 2.50. The van der Waals surface area contributed by atoms with E-state index >= 15 is 0 Å². The molecule has 1 saturated heterocycles. The van der Waals surface area contributed by atoms with Gasteiger partial charge < -0.3 is 19.1 Å². The number of nitrogens with one attached hydrogen (secondary N) is 1. The molecule has 7 heteroatoms. The van der Waals surface area contributed by atoms with E-state index in [9.17, 15) is 9.36 Å². The number of benzene rings is 1. The first-order valence-electron chi connectivity index (χ1n) is 8.61. The van der Waals surface area contributed by atoms with Crippen LogP contribution in [0.5, 0.6) is 5.75 Å². The highest BCUT2D eigenvalue weighted by Gasteiger charge is 2.50. The largest absolute Gasteiger partial charge is 0.497 e. The van der Waals surface area contributed by atoms with Gasteiger partial charge in [0.2, 0.25) is 5.91 Å². The fourth-order valence-corrected chi connectivity index (χ4v) is 5.70. The average molecular weight is 369 g/mol. The quantitative estimate of drug-likeness (QED) is 0.703. The van der Waals surface area contributed by atoms with Gasteiger partial charge in [0.15, 0.2) is 0 Å². The van der Waals surface area contributed by atoms with Crippen molar-refractivity contribution in [2.75, 3.05) is 20.3 Å². The number of rotatable bonds is 8. The molecule has 1 heterocycles. The van der Waals surface area contributed by atoms with Gasteiger partial charge in [0.25, 0.3) is 0 Å². The normalized spacial score (nSPS) is 21.0. The Morgan fingerprint density at radius 1 is 1.20 bits per heavy atom. The third-order valence-corrected chi connectivity index (χ3v) is 6.90. The topological polar surface area (TPSA) is 73.9 Å². The molecule has 1 amide bonds. The summed E-state index contributed by atoms with van der Waals surface area (Å²) in [4.78, 5) is 12.6. The molecule has 0 aromatic heterocycles. The van der Waals surface area contributed by atoms with E-state index in [-0.39, 0.29) is 24.7 Å². The van der Waals surface area contributed by atoms with Crippen LogP contribution in [0.15, 0.2) is 24.3 Å². The van der Waals surface area contributed by atoms with Crippen LogP contribution in [0.25, 0.3) is 0 Å². The van der Waals surface area contributed by atoms with Crippen molar-refractivity contribution in [2.24, 2.45) is 5.92 Å². The van der Waals surface area contributed by atoms with Crippen molar-refractivity contribution in [1.82, 2.24) is 5.32 Å². The van der Waals surface area contributed by atoms with E-state index < -0.39 is 19.2 Å². The van der Waals surface area contributed by atoms with Gasteiger partial charge in [0, 0.05) is 5.54 Å². The second-order valence-corrected chi connectivity index (χ2v) is 8.93. The molecule has 0 aliphatic carbocycles. The van der Waals surface area contributed by atoms with Crippen molar-refractivity contribution in [2.45, 2.75) is 45.3 Å². The minimum Gasteiger partial charge on any atom is -0.497 e. The summed E-state index contributed by atoms with van der Waals surface area (Å²) in [6.07, 6.45) is 0.562. The lowest BCUT2D eigenvalue weighted by Crippen LogP contribution is -2.35. The lowest BCUT2D eigenvalue weighted by molar-refractivity contribution is -0.123. The van der Waals surface area contributed by atoms with Gasteiger partial charge in [0.05, 0.1) is 31.9 Å². The van der Waals surface area contributed by atoms with Crippen LogP contribution in [0.1, 0.15) is 45.3 Å². The number of amides is 1. The fraction of sp³-hybridized carbons (Fsp3) is 0.611. The summed E-state index contributed by atoms with van der Waals surface area (Å²) in [5, 5.41) is 2.98. The maximum absolute atomic E-state index is 13.6. The molecular weight excluding hydrogens is 341 g/mol. The van der Waals surface area contributed by atoms with Gasteiger partial charge in [-0.1, -0.05) is 12.1 Å². The summed E-state index contributed by atoms with van der Waals surface area (Å²) in [7, 11) is -1.93. The molecule has 0 radical (unpaired) electrons. The molecule has 1 aromatic carbocycles. The van der Waals surface area contributed by atoms with Crippen LogP contribution in [-0.4, -0.2) is 31.8 Å². The maximum atomic E-state index is 13.6. The molecule has 1 aromatic rings. The zero-order chi connectivity index (χ0) is 18.7. The van der Waals surface area contributed by atoms with Crippen molar-refractivity contribution >= 4 is 13.5 Å². The predicted octanol–water partition coefficient (Wildman–Crippen LogP) is 3.92. The second kappa shape index (κ2) is 7.90. The first-order chi connectivity index (χ1) is 11.8. The van der Waals surface area contributed by atoms with Gasteiger partial charge in [-0.2, -0.15) is 0 Å². The van der Waals surface area contributed by atoms with Crippen LogP contribution in [-0.2, 0) is 18.4 Å². The number of hydrogen-bond donors (Lipinski definition) is 1. The Kier molecular flexibility index (Phi) is 6.30.